The number of likely N-dealkylation sites (tertiary alicyclic amines) is 1. The Bertz CT molecular complexity index is 564. The molecule has 1 saturated carbocycles. The van der Waals surface area contributed by atoms with E-state index in [1.54, 1.807) is 18.2 Å². The van der Waals surface area contributed by atoms with Crippen LogP contribution in [0.2, 0.25) is 0 Å². The smallest absolute Gasteiger partial charge is 0.227 e. The summed E-state index contributed by atoms with van der Waals surface area (Å²) in [6.45, 7) is 1.26. The Balaban J connectivity index is 1.51. The molecule has 1 saturated heterocycles. The quantitative estimate of drug-likeness (QED) is 0.933. The average Bonchev–Trinajstić information content (AvgIpc) is 2.48. The molecule has 0 atom stereocenters. The van der Waals surface area contributed by atoms with Crippen molar-refractivity contribution in [2.45, 2.75) is 32.1 Å². The number of piperidine rings is 1. The Morgan fingerprint density at radius 3 is 2.32 bits per heavy atom. The van der Waals surface area contributed by atoms with Gasteiger partial charge in [-0.15, -0.1) is 0 Å². The molecule has 0 unspecified atom stereocenters. The second kappa shape index (κ2) is 6.46. The third kappa shape index (κ3) is 3.13. The molecule has 4 nitrogen and oxygen atoms in total. The molecule has 1 aliphatic heterocycles. The monoisotopic (exact) mass is 304 g/mol. The summed E-state index contributed by atoms with van der Waals surface area (Å²) in [4.78, 5) is 26.3. The molecule has 1 aromatic carbocycles. The lowest BCUT2D eigenvalue weighted by atomic mass is 9.83. The molecule has 0 radical (unpaired) electrons. The molecule has 1 heterocycles. The van der Waals surface area contributed by atoms with Crippen molar-refractivity contribution in [1.29, 1.82) is 0 Å². The lowest BCUT2D eigenvalue weighted by molar-refractivity contribution is -0.140. The summed E-state index contributed by atoms with van der Waals surface area (Å²) >= 11 is 0. The van der Waals surface area contributed by atoms with Gasteiger partial charge in [0.2, 0.25) is 11.8 Å². The van der Waals surface area contributed by atoms with Crippen LogP contribution in [0.25, 0.3) is 0 Å². The van der Waals surface area contributed by atoms with Crippen molar-refractivity contribution in [3.8, 4) is 0 Å². The van der Waals surface area contributed by atoms with E-state index in [1.807, 2.05) is 4.90 Å². The molecule has 5 heteroatoms. The van der Waals surface area contributed by atoms with Crippen LogP contribution in [0.1, 0.15) is 32.1 Å². The first-order chi connectivity index (χ1) is 10.6. The number of halogens is 1. The minimum atomic E-state index is -0.423. The topological polar surface area (TPSA) is 49.4 Å². The number of anilines is 1. The molecule has 118 valence electrons. The number of nitrogens with zero attached hydrogens (tertiary/aromatic N) is 1. The highest BCUT2D eigenvalue weighted by atomic mass is 19.1. The first-order valence-electron chi connectivity index (χ1n) is 7.99. The molecule has 1 N–H and O–H groups in total. The van der Waals surface area contributed by atoms with E-state index in [9.17, 15) is 14.0 Å². The SMILES string of the molecule is O=C(Nc1ccccc1F)C1CCN(C(=O)C2CCC2)CC1. The fourth-order valence-corrected chi connectivity index (χ4v) is 3.07. The molecule has 2 fully saturated rings. The van der Waals surface area contributed by atoms with Gasteiger partial charge in [0.1, 0.15) is 5.82 Å². The molecule has 2 aliphatic rings. The van der Waals surface area contributed by atoms with Gasteiger partial charge >= 0.3 is 0 Å². The summed E-state index contributed by atoms with van der Waals surface area (Å²) in [5, 5.41) is 2.65. The number of nitrogens with one attached hydrogen (secondary N) is 1. The number of hydrogen-bond donors (Lipinski definition) is 1. The highest BCUT2D eigenvalue weighted by Gasteiger charge is 2.33. The van der Waals surface area contributed by atoms with Crippen molar-refractivity contribution in [2.75, 3.05) is 18.4 Å². The number of carbonyl (C=O) groups excluding carboxylic acids is 2. The molecule has 22 heavy (non-hydrogen) atoms. The van der Waals surface area contributed by atoms with Gasteiger partial charge < -0.3 is 10.2 Å². The summed E-state index contributed by atoms with van der Waals surface area (Å²) in [5.41, 5.74) is 0.223. The molecule has 1 aromatic rings. The lowest BCUT2D eigenvalue weighted by Crippen LogP contribution is -2.45. The van der Waals surface area contributed by atoms with Crippen molar-refractivity contribution < 1.29 is 14.0 Å². The Kier molecular flexibility index (Phi) is 4.41. The van der Waals surface area contributed by atoms with Gasteiger partial charge in [-0.3, -0.25) is 9.59 Å². The van der Waals surface area contributed by atoms with Crippen molar-refractivity contribution >= 4 is 17.5 Å². The van der Waals surface area contributed by atoms with E-state index in [2.05, 4.69) is 5.32 Å². The van der Waals surface area contributed by atoms with E-state index in [4.69, 9.17) is 0 Å². The van der Waals surface area contributed by atoms with E-state index < -0.39 is 5.82 Å². The largest absolute Gasteiger partial charge is 0.342 e. The van der Waals surface area contributed by atoms with Crippen LogP contribution in [0, 0.1) is 17.7 Å². The van der Waals surface area contributed by atoms with Crippen molar-refractivity contribution in [3.05, 3.63) is 30.1 Å². The van der Waals surface area contributed by atoms with Crippen LogP contribution in [0.4, 0.5) is 10.1 Å². The maximum Gasteiger partial charge on any atom is 0.227 e. The highest BCUT2D eigenvalue weighted by molar-refractivity contribution is 5.92. The normalized spacial score (nSPS) is 19.6. The maximum absolute atomic E-state index is 13.6. The average molecular weight is 304 g/mol. The molecule has 0 aromatic heterocycles. The number of amides is 2. The molecular formula is C17H21FN2O2. The minimum absolute atomic E-state index is 0.148. The fraction of sp³-hybridized carbons (Fsp3) is 0.529. The fourth-order valence-electron chi connectivity index (χ4n) is 3.07. The Labute approximate surface area is 129 Å². The summed E-state index contributed by atoms with van der Waals surface area (Å²) in [6.07, 6.45) is 4.47. The summed E-state index contributed by atoms with van der Waals surface area (Å²) < 4.78 is 13.6. The summed E-state index contributed by atoms with van der Waals surface area (Å²) in [6, 6.07) is 6.17. The van der Waals surface area contributed by atoms with Gasteiger partial charge in [-0.2, -0.15) is 0 Å². The number of hydrogen-bond acceptors (Lipinski definition) is 2. The zero-order valence-electron chi connectivity index (χ0n) is 12.6. The van der Waals surface area contributed by atoms with E-state index in [0.29, 0.717) is 25.9 Å². The Morgan fingerprint density at radius 2 is 1.73 bits per heavy atom. The number of para-hydroxylation sites is 1. The number of carbonyl (C=O) groups is 2. The second-order valence-electron chi connectivity index (χ2n) is 6.20. The number of rotatable bonds is 3. The summed E-state index contributed by atoms with van der Waals surface area (Å²) in [5.74, 6) is -0.262. The zero-order chi connectivity index (χ0) is 15.5. The predicted octanol–water partition coefficient (Wildman–Crippen LogP) is 2.80. The lowest BCUT2D eigenvalue weighted by Gasteiger charge is -2.36. The predicted molar refractivity (Wildman–Crippen MR) is 81.7 cm³/mol. The Hall–Kier alpha value is -1.91. The first kappa shape index (κ1) is 15.0. The van der Waals surface area contributed by atoms with Crippen LogP contribution in [0.15, 0.2) is 24.3 Å². The van der Waals surface area contributed by atoms with Gasteiger partial charge in [0, 0.05) is 24.9 Å². The van der Waals surface area contributed by atoms with Gasteiger partial charge in [0.15, 0.2) is 0 Å². The van der Waals surface area contributed by atoms with Crippen molar-refractivity contribution in [1.82, 2.24) is 4.90 Å². The van der Waals surface area contributed by atoms with E-state index in [0.717, 1.165) is 19.3 Å². The first-order valence-corrected chi connectivity index (χ1v) is 7.99. The highest BCUT2D eigenvalue weighted by Crippen LogP contribution is 2.30. The number of benzene rings is 1. The Morgan fingerprint density at radius 1 is 1.05 bits per heavy atom. The minimum Gasteiger partial charge on any atom is -0.342 e. The molecule has 0 spiro atoms. The van der Waals surface area contributed by atoms with Crippen LogP contribution >= 0.6 is 0 Å². The van der Waals surface area contributed by atoms with Crippen LogP contribution in [-0.2, 0) is 9.59 Å². The third-order valence-corrected chi connectivity index (χ3v) is 4.76. The van der Waals surface area contributed by atoms with Gasteiger partial charge in [-0.1, -0.05) is 18.6 Å². The van der Waals surface area contributed by atoms with Gasteiger partial charge in [-0.25, -0.2) is 4.39 Å². The van der Waals surface area contributed by atoms with Gasteiger partial charge in [0.05, 0.1) is 5.69 Å². The van der Waals surface area contributed by atoms with Crippen molar-refractivity contribution in [3.63, 3.8) is 0 Å². The molecule has 3 rings (SSSR count). The van der Waals surface area contributed by atoms with Crippen molar-refractivity contribution in [2.24, 2.45) is 11.8 Å². The molecule has 0 bridgehead atoms. The molecule has 1 aliphatic carbocycles. The van der Waals surface area contributed by atoms with Crippen LogP contribution < -0.4 is 5.32 Å². The van der Waals surface area contributed by atoms with E-state index in [-0.39, 0.29) is 29.3 Å². The molecular weight excluding hydrogens is 283 g/mol. The van der Waals surface area contributed by atoms with Gasteiger partial charge in [-0.05, 0) is 37.8 Å². The molecule has 2 amide bonds. The maximum atomic E-state index is 13.6. The summed E-state index contributed by atoms with van der Waals surface area (Å²) in [7, 11) is 0. The third-order valence-electron chi connectivity index (χ3n) is 4.76. The van der Waals surface area contributed by atoms with Crippen LogP contribution in [0.5, 0.6) is 0 Å². The standard InChI is InChI=1S/C17H21FN2O2/c18-14-6-1-2-7-15(14)19-16(21)12-8-10-20(11-9-12)17(22)13-4-3-5-13/h1-2,6-7,12-13H,3-5,8-11H2,(H,19,21). The van der Waals surface area contributed by atoms with Crippen LogP contribution in [0.3, 0.4) is 0 Å². The van der Waals surface area contributed by atoms with E-state index in [1.165, 1.54) is 6.07 Å². The second-order valence-corrected chi connectivity index (χ2v) is 6.20. The van der Waals surface area contributed by atoms with Crippen LogP contribution in [-0.4, -0.2) is 29.8 Å². The van der Waals surface area contributed by atoms with Gasteiger partial charge in [0.25, 0.3) is 0 Å². The zero-order valence-corrected chi connectivity index (χ0v) is 12.6. The van der Waals surface area contributed by atoms with E-state index >= 15 is 0 Å².